The largest absolute Gasteiger partial charge is 0.419 e. The number of anilines is 1. The van der Waals surface area contributed by atoms with Crippen molar-refractivity contribution in [2.75, 3.05) is 18.4 Å². The molecular weight excluding hydrogens is 421 g/mol. The van der Waals surface area contributed by atoms with E-state index in [1.54, 1.807) is 25.3 Å². The number of halogens is 3. The van der Waals surface area contributed by atoms with Crippen LogP contribution in [0.1, 0.15) is 24.2 Å². The summed E-state index contributed by atoms with van der Waals surface area (Å²) in [6.45, 7) is 3.45. The Morgan fingerprint density at radius 2 is 2.06 bits per heavy atom. The second-order valence-corrected chi connectivity index (χ2v) is 7.85. The van der Waals surface area contributed by atoms with Gasteiger partial charge in [0.25, 0.3) is 0 Å². The van der Waals surface area contributed by atoms with Crippen LogP contribution in [0.25, 0.3) is 33.5 Å². The highest BCUT2D eigenvalue weighted by Gasteiger charge is 2.36. The Bertz CT molecular complexity index is 1250. The van der Waals surface area contributed by atoms with Gasteiger partial charge in [-0.25, -0.2) is 15.0 Å². The summed E-state index contributed by atoms with van der Waals surface area (Å²) in [5, 5.41) is 14.0. The van der Waals surface area contributed by atoms with E-state index in [-0.39, 0.29) is 17.7 Å². The van der Waals surface area contributed by atoms with Crippen molar-refractivity contribution in [1.82, 2.24) is 35.5 Å². The number of fused-ring (bicyclic) bond motifs is 1. The highest BCUT2D eigenvalue weighted by Crippen LogP contribution is 2.39. The summed E-state index contributed by atoms with van der Waals surface area (Å²) in [6, 6.07) is 5.42. The number of aromatic nitrogens is 6. The van der Waals surface area contributed by atoms with Gasteiger partial charge in [0, 0.05) is 47.0 Å². The van der Waals surface area contributed by atoms with Gasteiger partial charge < -0.3 is 15.6 Å². The number of aryl methyl sites for hydroxylation is 1. The van der Waals surface area contributed by atoms with Crippen molar-refractivity contribution in [3.8, 4) is 22.6 Å². The summed E-state index contributed by atoms with van der Waals surface area (Å²) in [5.41, 5.74) is 0.738. The fourth-order valence-electron chi connectivity index (χ4n) is 3.95. The molecule has 3 aromatic heterocycles. The highest BCUT2D eigenvalue weighted by atomic mass is 19.4. The fourth-order valence-corrected chi connectivity index (χ4v) is 3.95. The number of H-pyrrole nitrogens is 2. The molecule has 1 aromatic carbocycles. The Labute approximate surface area is 181 Å². The maximum atomic E-state index is 13.8. The molecule has 0 radical (unpaired) electrons. The molecule has 0 spiro atoms. The number of rotatable bonds is 4. The van der Waals surface area contributed by atoms with Crippen LogP contribution in [0.15, 0.2) is 30.6 Å². The molecule has 0 amide bonds. The second kappa shape index (κ2) is 7.90. The number of nitrogens with one attached hydrogen (secondary N) is 4. The minimum absolute atomic E-state index is 0.0728. The summed E-state index contributed by atoms with van der Waals surface area (Å²) in [5.74, 6) is 1.38. The molecule has 5 rings (SSSR count). The third-order valence-electron chi connectivity index (χ3n) is 5.52. The molecule has 0 saturated carbocycles. The number of piperidine rings is 1. The molecule has 0 unspecified atom stereocenters. The van der Waals surface area contributed by atoms with Gasteiger partial charge in [-0.3, -0.25) is 5.10 Å². The van der Waals surface area contributed by atoms with Gasteiger partial charge in [-0.15, -0.1) is 0 Å². The quantitative estimate of drug-likeness (QED) is 0.382. The fraction of sp³-hybridized carbons (Fsp3) is 0.333. The summed E-state index contributed by atoms with van der Waals surface area (Å²) >= 11 is 0. The number of aromatic amines is 2. The molecule has 1 atom stereocenters. The summed E-state index contributed by atoms with van der Waals surface area (Å²) in [4.78, 5) is 15.6. The van der Waals surface area contributed by atoms with Crippen molar-refractivity contribution < 1.29 is 13.2 Å². The first kappa shape index (κ1) is 20.4. The van der Waals surface area contributed by atoms with Gasteiger partial charge in [0.05, 0.1) is 5.69 Å². The van der Waals surface area contributed by atoms with E-state index in [1.807, 2.05) is 6.07 Å². The Hall–Kier alpha value is -3.47. The Kier molecular flexibility index (Phi) is 5.04. The van der Waals surface area contributed by atoms with Crippen molar-refractivity contribution in [1.29, 1.82) is 0 Å². The predicted octanol–water partition coefficient (Wildman–Crippen LogP) is 3.90. The van der Waals surface area contributed by atoms with Gasteiger partial charge in [0.15, 0.2) is 5.82 Å². The van der Waals surface area contributed by atoms with E-state index >= 15 is 0 Å². The topological polar surface area (TPSA) is 107 Å². The molecule has 32 heavy (non-hydrogen) atoms. The minimum atomic E-state index is -4.58. The zero-order chi connectivity index (χ0) is 22.3. The summed E-state index contributed by atoms with van der Waals surface area (Å²) < 4.78 is 41.3. The molecule has 1 aliphatic rings. The van der Waals surface area contributed by atoms with Crippen molar-refractivity contribution in [2.45, 2.75) is 32.0 Å². The number of hydrogen-bond donors (Lipinski definition) is 4. The Balaban J connectivity index is 1.56. The Morgan fingerprint density at radius 3 is 2.78 bits per heavy atom. The molecule has 4 heterocycles. The maximum absolute atomic E-state index is 13.8. The third kappa shape index (κ3) is 3.91. The monoisotopic (exact) mass is 442 g/mol. The SMILES string of the molecule is Cc1nc(-c2ccc3c(-c4nc(N[C@H]5CCCNC5)ncc4C(F)(F)F)c[nH]c3c2)n[nH]1. The molecular formula is C21H21F3N8. The number of alkyl halides is 3. The smallest absolute Gasteiger partial charge is 0.360 e. The van der Waals surface area contributed by atoms with Gasteiger partial charge in [-0.1, -0.05) is 12.1 Å². The van der Waals surface area contributed by atoms with E-state index < -0.39 is 11.7 Å². The molecule has 4 N–H and O–H groups in total. The van der Waals surface area contributed by atoms with Gasteiger partial charge in [-0.2, -0.15) is 18.3 Å². The number of benzene rings is 1. The molecule has 1 aliphatic heterocycles. The standard InChI is InChI=1S/C21H21F3N8/c1-11-28-19(32-31-11)12-4-5-14-15(9-26-17(14)7-12)18-16(21(22,23)24)10-27-20(30-18)29-13-3-2-6-25-8-13/h4-5,7,9-10,13,25-26H,2-3,6,8H2,1H3,(H,27,29,30)(H,28,31,32)/t13-/m0/s1. The summed E-state index contributed by atoms with van der Waals surface area (Å²) in [6.07, 6.45) is -0.296. The second-order valence-electron chi connectivity index (χ2n) is 7.85. The van der Waals surface area contributed by atoms with Crippen LogP contribution in [0.4, 0.5) is 19.1 Å². The molecule has 0 bridgehead atoms. The van der Waals surface area contributed by atoms with E-state index in [4.69, 9.17) is 0 Å². The van der Waals surface area contributed by atoms with E-state index in [1.165, 1.54) is 0 Å². The first-order valence-corrected chi connectivity index (χ1v) is 10.3. The predicted molar refractivity (Wildman–Crippen MR) is 114 cm³/mol. The lowest BCUT2D eigenvalue weighted by Gasteiger charge is -2.24. The summed E-state index contributed by atoms with van der Waals surface area (Å²) in [7, 11) is 0. The third-order valence-corrected chi connectivity index (χ3v) is 5.52. The average molecular weight is 442 g/mol. The van der Waals surface area contributed by atoms with Crippen LogP contribution in [0, 0.1) is 6.92 Å². The minimum Gasteiger partial charge on any atom is -0.360 e. The van der Waals surface area contributed by atoms with Gasteiger partial charge in [0.2, 0.25) is 5.95 Å². The maximum Gasteiger partial charge on any atom is 0.419 e. The molecule has 8 nitrogen and oxygen atoms in total. The van der Waals surface area contributed by atoms with Crippen LogP contribution in [0.2, 0.25) is 0 Å². The first-order valence-electron chi connectivity index (χ1n) is 10.3. The van der Waals surface area contributed by atoms with Crippen LogP contribution >= 0.6 is 0 Å². The van der Waals surface area contributed by atoms with Crippen molar-refractivity contribution in [3.63, 3.8) is 0 Å². The number of hydrogen-bond acceptors (Lipinski definition) is 6. The van der Waals surface area contributed by atoms with Crippen LogP contribution in [0.3, 0.4) is 0 Å². The molecule has 1 fully saturated rings. The first-order chi connectivity index (χ1) is 15.4. The Morgan fingerprint density at radius 1 is 1.19 bits per heavy atom. The average Bonchev–Trinajstić information content (AvgIpc) is 3.39. The molecule has 0 aliphatic carbocycles. The van der Waals surface area contributed by atoms with Crippen LogP contribution in [-0.2, 0) is 6.18 Å². The van der Waals surface area contributed by atoms with Crippen molar-refractivity contribution >= 4 is 16.9 Å². The molecule has 166 valence electrons. The molecule has 11 heteroatoms. The van der Waals surface area contributed by atoms with E-state index in [2.05, 4.69) is 40.8 Å². The van der Waals surface area contributed by atoms with Gasteiger partial charge >= 0.3 is 6.18 Å². The zero-order valence-electron chi connectivity index (χ0n) is 17.2. The lowest BCUT2D eigenvalue weighted by molar-refractivity contribution is -0.137. The lowest BCUT2D eigenvalue weighted by atomic mass is 10.0. The van der Waals surface area contributed by atoms with Gasteiger partial charge in [0.1, 0.15) is 11.4 Å². The van der Waals surface area contributed by atoms with Crippen LogP contribution < -0.4 is 10.6 Å². The van der Waals surface area contributed by atoms with Crippen LogP contribution in [-0.4, -0.2) is 49.3 Å². The van der Waals surface area contributed by atoms with E-state index in [0.29, 0.717) is 28.1 Å². The normalized spacial score (nSPS) is 17.1. The highest BCUT2D eigenvalue weighted by molar-refractivity contribution is 5.97. The van der Waals surface area contributed by atoms with E-state index in [9.17, 15) is 13.2 Å². The van der Waals surface area contributed by atoms with Gasteiger partial charge in [-0.05, 0) is 32.4 Å². The van der Waals surface area contributed by atoms with E-state index in [0.717, 1.165) is 37.7 Å². The lowest BCUT2D eigenvalue weighted by Crippen LogP contribution is -2.38. The van der Waals surface area contributed by atoms with Crippen molar-refractivity contribution in [3.05, 3.63) is 42.0 Å². The zero-order valence-corrected chi connectivity index (χ0v) is 17.2. The number of nitrogens with zero attached hydrogens (tertiary/aromatic N) is 4. The van der Waals surface area contributed by atoms with Crippen molar-refractivity contribution in [2.24, 2.45) is 0 Å². The molecule has 1 saturated heterocycles. The van der Waals surface area contributed by atoms with Crippen LogP contribution in [0.5, 0.6) is 0 Å². The molecule has 4 aromatic rings.